The third-order valence-corrected chi connectivity index (χ3v) is 3.44. The van der Waals surface area contributed by atoms with Crippen LogP contribution in [0.5, 0.6) is 0 Å². The zero-order valence-electron chi connectivity index (χ0n) is 10.4. The van der Waals surface area contributed by atoms with Crippen molar-refractivity contribution in [2.24, 2.45) is 0 Å². The number of β-amino-alcohol motifs (C(OH)–C–C–N with tert-alkyl or cyclic N) is 1. The zero-order chi connectivity index (χ0) is 11.9. The van der Waals surface area contributed by atoms with Gasteiger partial charge in [-0.3, -0.25) is 4.90 Å². The Hall–Kier alpha value is -0.900. The first-order valence-electron chi connectivity index (χ1n) is 6.48. The van der Waals surface area contributed by atoms with Crippen LogP contribution in [0.15, 0.2) is 30.3 Å². The van der Waals surface area contributed by atoms with Gasteiger partial charge in [0.2, 0.25) is 0 Å². The van der Waals surface area contributed by atoms with Crippen molar-refractivity contribution in [3.8, 4) is 0 Å². The summed E-state index contributed by atoms with van der Waals surface area (Å²) < 4.78 is 0. The van der Waals surface area contributed by atoms with E-state index in [1.807, 2.05) is 0 Å². The first-order valence-corrected chi connectivity index (χ1v) is 6.48. The van der Waals surface area contributed by atoms with Crippen LogP contribution in [0, 0.1) is 0 Å². The molecule has 17 heavy (non-hydrogen) atoms. The molecule has 1 aliphatic heterocycles. The number of aliphatic hydroxyl groups is 1. The zero-order valence-corrected chi connectivity index (χ0v) is 10.4. The maximum absolute atomic E-state index is 8.88. The minimum Gasteiger partial charge on any atom is -0.395 e. The average Bonchev–Trinajstić information content (AvgIpc) is 2.40. The highest BCUT2D eigenvalue weighted by atomic mass is 16.3. The first-order chi connectivity index (χ1) is 8.38. The van der Waals surface area contributed by atoms with Gasteiger partial charge in [-0.15, -0.1) is 0 Å². The Kier molecular flexibility index (Phi) is 4.98. The van der Waals surface area contributed by atoms with E-state index in [-0.39, 0.29) is 6.61 Å². The quantitative estimate of drug-likeness (QED) is 0.818. The Balaban J connectivity index is 1.68. The molecule has 3 nitrogen and oxygen atoms in total. The highest BCUT2D eigenvalue weighted by Crippen LogP contribution is 2.05. The summed E-state index contributed by atoms with van der Waals surface area (Å²) in [6.45, 7) is 6.71. The topological polar surface area (TPSA) is 26.7 Å². The molecule has 1 heterocycles. The van der Waals surface area contributed by atoms with E-state index in [1.54, 1.807) is 0 Å². The van der Waals surface area contributed by atoms with Crippen molar-refractivity contribution < 1.29 is 5.11 Å². The number of hydrogen-bond donors (Lipinski definition) is 1. The first kappa shape index (κ1) is 12.6. The van der Waals surface area contributed by atoms with Gasteiger partial charge in [0.25, 0.3) is 0 Å². The van der Waals surface area contributed by atoms with Crippen molar-refractivity contribution in [3.63, 3.8) is 0 Å². The summed E-state index contributed by atoms with van der Waals surface area (Å²) in [5, 5.41) is 8.88. The molecule has 1 fully saturated rings. The second-order valence-electron chi connectivity index (χ2n) is 4.64. The molecule has 2 rings (SSSR count). The second-order valence-corrected chi connectivity index (χ2v) is 4.64. The van der Waals surface area contributed by atoms with Crippen LogP contribution in [0.4, 0.5) is 0 Å². The minimum absolute atomic E-state index is 0.282. The number of rotatable bonds is 5. The standard InChI is InChI=1S/C14H22N2O/c17-13-12-16-10-8-15(9-11-16)7-6-14-4-2-1-3-5-14/h1-5,17H,6-13H2. The maximum Gasteiger partial charge on any atom is 0.0558 e. The molecule has 1 saturated heterocycles. The van der Waals surface area contributed by atoms with Gasteiger partial charge in [0.15, 0.2) is 0 Å². The number of hydrogen-bond acceptors (Lipinski definition) is 3. The van der Waals surface area contributed by atoms with Gasteiger partial charge in [-0.25, -0.2) is 0 Å². The minimum atomic E-state index is 0.282. The van der Waals surface area contributed by atoms with E-state index in [2.05, 4.69) is 40.1 Å². The molecule has 1 aliphatic rings. The van der Waals surface area contributed by atoms with Gasteiger partial charge >= 0.3 is 0 Å². The van der Waals surface area contributed by atoms with Crippen LogP contribution in [-0.2, 0) is 6.42 Å². The lowest BCUT2D eigenvalue weighted by atomic mass is 10.1. The second kappa shape index (κ2) is 6.74. The van der Waals surface area contributed by atoms with Gasteiger partial charge in [0.1, 0.15) is 0 Å². The SMILES string of the molecule is OCCN1CCN(CCc2ccccc2)CC1. The predicted molar refractivity (Wildman–Crippen MR) is 70.1 cm³/mol. The third-order valence-electron chi connectivity index (χ3n) is 3.44. The molecule has 0 spiro atoms. The van der Waals surface area contributed by atoms with E-state index in [4.69, 9.17) is 5.11 Å². The van der Waals surface area contributed by atoms with Gasteiger partial charge < -0.3 is 10.0 Å². The third kappa shape index (κ3) is 4.11. The van der Waals surface area contributed by atoms with Crippen molar-refractivity contribution in [1.82, 2.24) is 9.80 Å². The fourth-order valence-electron chi connectivity index (χ4n) is 2.31. The molecule has 1 aromatic carbocycles. The average molecular weight is 234 g/mol. The molecule has 3 heteroatoms. The van der Waals surface area contributed by atoms with Crippen LogP contribution in [-0.4, -0.2) is 60.8 Å². The van der Waals surface area contributed by atoms with Crippen LogP contribution < -0.4 is 0 Å². The highest BCUT2D eigenvalue weighted by Gasteiger charge is 2.15. The van der Waals surface area contributed by atoms with E-state index in [9.17, 15) is 0 Å². The number of benzene rings is 1. The molecule has 0 aromatic heterocycles. The molecule has 1 N–H and O–H groups in total. The summed E-state index contributed by atoms with van der Waals surface area (Å²) in [4.78, 5) is 4.85. The van der Waals surface area contributed by atoms with Gasteiger partial charge in [-0.05, 0) is 12.0 Å². The molecular formula is C14H22N2O. The summed E-state index contributed by atoms with van der Waals surface area (Å²) >= 11 is 0. The van der Waals surface area contributed by atoms with Crippen LogP contribution in [0.3, 0.4) is 0 Å². The van der Waals surface area contributed by atoms with Crippen molar-refractivity contribution >= 4 is 0 Å². The lowest BCUT2D eigenvalue weighted by Gasteiger charge is -2.34. The van der Waals surface area contributed by atoms with E-state index in [1.165, 1.54) is 5.56 Å². The molecule has 0 unspecified atom stereocenters. The Morgan fingerprint density at radius 3 is 2.06 bits per heavy atom. The molecule has 0 bridgehead atoms. The van der Waals surface area contributed by atoms with Crippen molar-refractivity contribution in [2.75, 3.05) is 45.9 Å². The summed E-state index contributed by atoms with van der Waals surface area (Å²) in [6, 6.07) is 10.7. The van der Waals surface area contributed by atoms with Crippen molar-refractivity contribution in [2.45, 2.75) is 6.42 Å². The lowest BCUT2D eigenvalue weighted by molar-refractivity contribution is 0.113. The molecule has 0 radical (unpaired) electrons. The van der Waals surface area contributed by atoms with E-state index >= 15 is 0 Å². The van der Waals surface area contributed by atoms with E-state index in [0.29, 0.717) is 0 Å². The molecule has 0 amide bonds. The van der Waals surface area contributed by atoms with Crippen LogP contribution in [0.2, 0.25) is 0 Å². The molecule has 0 atom stereocenters. The smallest absolute Gasteiger partial charge is 0.0558 e. The summed E-state index contributed by atoms with van der Waals surface area (Å²) in [6.07, 6.45) is 1.14. The number of aliphatic hydroxyl groups excluding tert-OH is 1. The maximum atomic E-state index is 8.88. The molecular weight excluding hydrogens is 212 g/mol. The molecule has 0 saturated carbocycles. The van der Waals surface area contributed by atoms with Crippen LogP contribution >= 0.6 is 0 Å². The predicted octanol–water partition coefficient (Wildman–Crippen LogP) is 0.839. The van der Waals surface area contributed by atoms with E-state index < -0.39 is 0 Å². The molecule has 1 aromatic rings. The summed E-state index contributed by atoms with van der Waals surface area (Å²) in [5.74, 6) is 0. The largest absolute Gasteiger partial charge is 0.395 e. The fourth-order valence-corrected chi connectivity index (χ4v) is 2.31. The van der Waals surface area contributed by atoms with Crippen molar-refractivity contribution in [1.29, 1.82) is 0 Å². The van der Waals surface area contributed by atoms with Gasteiger partial charge in [0, 0.05) is 39.3 Å². The molecule has 0 aliphatic carbocycles. The molecule has 94 valence electrons. The number of nitrogens with zero attached hydrogens (tertiary/aromatic N) is 2. The van der Waals surface area contributed by atoms with Crippen molar-refractivity contribution in [3.05, 3.63) is 35.9 Å². The highest BCUT2D eigenvalue weighted by molar-refractivity contribution is 5.14. The lowest BCUT2D eigenvalue weighted by Crippen LogP contribution is -2.47. The Bertz CT molecular complexity index is 307. The number of piperazine rings is 1. The summed E-state index contributed by atoms with van der Waals surface area (Å²) in [5.41, 5.74) is 1.42. The Labute approximate surface area is 104 Å². The Morgan fingerprint density at radius 1 is 0.882 bits per heavy atom. The van der Waals surface area contributed by atoms with Crippen LogP contribution in [0.25, 0.3) is 0 Å². The van der Waals surface area contributed by atoms with Gasteiger partial charge in [0.05, 0.1) is 6.61 Å². The monoisotopic (exact) mass is 234 g/mol. The normalized spacial score (nSPS) is 18.4. The Morgan fingerprint density at radius 2 is 1.47 bits per heavy atom. The van der Waals surface area contributed by atoms with E-state index in [0.717, 1.165) is 45.7 Å². The van der Waals surface area contributed by atoms with Gasteiger partial charge in [-0.1, -0.05) is 30.3 Å². The summed E-state index contributed by atoms with van der Waals surface area (Å²) in [7, 11) is 0. The van der Waals surface area contributed by atoms with Crippen LogP contribution in [0.1, 0.15) is 5.56 Å². The fraction of sp³-hybridized carbons (Fsp3) is 0.571. The van der Waals surface area contributed by atoms with Gasteiger partial charge in [-0.2, -0.15) is 0 Å².